The molecule has 0 bridgehead atoms. The summed E-state index contributed by atoms with van der Waals surface area (Å²) in [5, 5.41) is 6.28. The molecule has 1 aliphatic rings. The number of nitrogens with one attached hydrogen (secondary N) is 2. The monoisotopic (exact) mass is 523 g/mol. The normalized spacial score (nSPS) is 14.2. The molecule has 0 aliphatic carbocycles. The van der Waals surface area contributed by atoms with E-state index in [1.807, 2.05) is 66.7 Å². The van der Waals surface area contributed by atoms with Crippen LogP contribution in [0.25, 0.3) is 0 Å². The smallest absolute Gasteiger partial charge is 0.262 e. The summed E-state index contributed by atoms with van der Waals surface area (Å²) in [5.74, 6) is 1.80. The van der Waals surface area contributed by atoms with Crippen LogP contribution in [0.2, 0.25) is 0 Å². The van der Waals surface area contributed by atoms with Crippen LogP contribution in [0.1, 0.15) is 34.6 Å². The molecule has 0 fully saturated rings. The van der Waals surface area contributed by atoms with Gasteiger partial charge in [-0.15, -0.1) is 0 Å². The number of carbonyl (C=O) groups excluding carboxylic acids is 2. The molecule has 0 radical (unpaired) electrons. The predicted molar refractivity (Wildman–Crippen MR) is 151 cm³/mol. The molecular weight excluding hydrogens is 494 g/mol. The lowest BCUT2D eigenvalue weighted by atomic mass is 10.0. The number of fused-ring (bicyclic) bond motifs is 1. The molecule has 1 atom stereocenters. The van der Waals surface area contributed by atoms with Crippen molar-refractivity contribution in [1.82, 2.24) is 0 Å². The number of amides is 2. The molecule has 1 aliphatic heterocycles. The van der Waals surface area contributed by atoms with Crippen molar-refractivity contribution >= 4 is 28.9 Å². The number of nitrogens with zero attached hydrogens (tertiary/aromatic N) is 1. The summed E-state index contributed by atoms with van der Waals surface area (Å²) in [7, 11) is 3.23. The third-order valence-electron chi connectivity index (χ3n) is 6.47. The predicted octanol–water partition coefficient (Wildman–Crippen LogP) is 6.01. The molecule has 39 heavy (non-hydrogen) atoms. The van der Waals surface area contributed by atoms with Gasteiger partial charge in [0.05, 0.1) is 19.8 Å². The number of anilines is 3. The number of benzene rings is 4. The Hall–Kier alpha value is -4.98. The van der Waals surface area contributed by atoms with Crippen molar-refractivity contribution in [3.63, 3.8) is 0 Å². The van der Waals surface area contributed by atoms with Crippen LogP contribution in [0.3, 0.4) is 0 Å². The highest BCUT2D eigenvalue weighted by Crippen LogP contribution is 2.38. The van der Waals surface area contributed by atoms with Crippen LogP contribution < -0.4 is 29.7 Å². The zero-order valence-electron chi connectivity index (χ0n) is 21.9. The molecule has 0 saturated heterocycles. The standard InChI is InChI=1S/C31H29N3O5/c1-20(35)32-23-9-13-26(14-10-23)39-19-22-18-21(8-17-29(22)38-3)30-33-28-7-5-4-6-27(28)31(36)34(30)24-11-15-25(37-2)16-12-24/h4-18,30,33H,19H2,1-3H3,(H,32,35)/t30-/m0/s1. The summed E-state index contributed by atoms with van der Waals surface area (Å²) in [5.41, 5.74) is 4.49. The molecule has 4 aromatic rings. The van der Waals surface area contributed by atoms with Crippen molar-refractivity contribution in [3.05, 3.63) is 108 Å². The van der Waals surface area contributed by atoms with E-state index < -0.39 is 6.17 Å². The Morgan fingerprint density at radius 1 is 0.897 bits per heavy atom. The molecule has 8 heteroatoms. The van der Waals surface area contributed by atoms with Gasteiger partial charge in [-0.25, -0.2) is 0 Å². The van der Waals surface area contributed by atoms with Crippen molar-refractivity contribution in [1.29, 1.82) is 0 Å². The fraction of sp³-hybridized carbons (Fsp3) is 0.161. The van der Waals surface area contributed by atoms with E-state index in [0.29, 0.717) is 28.5 Å². The highest BCUT2D eigenvalue weighted by atomic mass is 16.5. The highest BCUT2D eigenvalue weighted by molar-refractivity contribution is 6.12. The van der Waals surface area contributed by atoms with Crippen molar-refractivity contribution in [2.45, 2.75) is 19.7 Å². The topological polar surface area (TPSA) is 89.1 Å². The molecule has 8 nitrogen and oxygen atoms in total. The van der Waals surface area contributed by atoms with Crippen molar-refractivity contribution in [3.8, 4) is 17.2 Å². The Morgan fingerprint density at radius 3 is 2.31 bits per heavy atom. The van der Waals surface area contributed by atoms with Gasteiger partial charge in [-0.3, -0.25) is 14.5 Å². The van der Waals surface area contributed by atoms with E-state index >= 15 is 0 Å². The Bertz CT molecular complexity index is 1490. The number of ether oxygens (including phenoxy) is 3. The van der Waals surface area contributed by atoms with Crippen molar-refractivity contribution < 1.29 is 23.8 Å². The Kier molecular flexibility index (Phi) is 7.36. The van der Waals surface area contributed by atoms with E-state index in [9.17, 15) is 9.59 Å². The first kappa shape index (κ1) is 25.7. The second-order valence-corrected chi connectivity index (χ2v) is 9.03. The second kappa shape index (κ2) is 11.2. The Morgan fingerprint density at radius 2 is 1.62 bits per heavy atom. The zero-order valence-corrected chi connectivity index (χ0v) is 21.9. The first-order chi connectivity index (χ1) is 19.0. The fourth-order valence-corrected chi connectivity index (χ4v) is 4.58. The quantitative estimate of drug-likeness (QED) is 0.294. The van der Waals surface area contributed by atoms with E-state index in [0.717, 1.165) is 22.5 Å². The van der Waals surface area contributed by atoms with Gasteiger partial charge in [0.25, 0.3) is 5.91 Å². The maximum atomic E-state index is 13.7. The average Bonchev–Trinajstić information content (AvgIpc) is 2.96. The molecule has 2 N–H and O–H groups in total. The summed E-state index contributed by atoms with van der Waals surface area (Å²) >= 11 is 0. The van der Waals surface area contributed by atoms with Crippen LogP contribution in [-0.2, 0) is 11.4 Å². The second-order valence-electron chi connectivity index (χ2n) is 9.03. The lowest BCUT2D eigenvalue weighted by molar-refractivity contribution is -0.114. The van der Waals surface area contributed by atoms with Gasteiger partial charge in [-0.05, 0) is 78.4 Å². The van der Waals surface area contributed by atoms with Gasteiger partial charge in [0.1, 0.15) is 30.0 Å². The molecule has 0 saturated carbocycles. The maximum Gasteiger partial charge on any atom is 0.262 e. The van der Waals surface area contributed by atoms with Gasteiger partial charge in [-0.1, -0.05) is 18.2 Å². The van der Waals surface area contributed by atoms with Gasteiger partial charge in [0.2, 0.25) is 5.91 Å². The van der Waals surface area contributed by atoms with Crippen LogP contribution in [-0.4, -0.2) is 26.0 Å². The first-order valence-corrected chi connectivity index (χ1v) is 12.5. The third kappa shape index (κ3) is 5.50. The van der Waals surface area contributed by atoms with E-state index in [1.165, 1.54) is 6.92 Å². The van der Waals surface area contributed by atoms with Gasteiger partial charge in [0.15, 0.2) is 0 Å². The number of carbonyl (C=O) groups is 2. The van der Waals surface area contributed by atoms with Crippen molar-refractivity contribution in [2.24, 2.45) is 0 Å². The summed E-state index contributed by atoms with van der Waals surface area (Å²) in [4.78, 5) is 26.8. The van der Waals surface area contributed by atoms with Gasteiger partial charge in [-0.2, -0.15) is 0 Å². The molecule has 0 unspecified atom stereocenters. The molecular formula is C31H29N3O5. The maximum absolute atomic E-state index is 13.7. The Labute approximate surface area is 227 Å². The van der Waals surface area contributed by atoms with E-state index in [2.05, 4.69) is 10.6 Å². The van der Waals surface area contributed by atoms with E-state index in [-0.39, 0.29) is 18.4 Å². The SMILES string of the molecule is COc1ccc(N2C(=O)c3ccccc3N[C@@H]2c2ccc(OC)c(COc3ccc(NC(C)=O)cc3)c2)cc1. The highest BCUT2D eigenvalue weighted by Gasteiger charge is 2.34. The average molecular weight is 524 g/mol. The van der Waals surface area contributed by atoms with Crippen LogP contribution in [0.5, 0.6) is 17.2 Å². The van der Waals surface area contributed by atoms with Crippen LogP contribution in [0, 0.1) is 0 Å². The third-order valence-corrected chi connectivity index (χ3v) is 6.47. The van der Waals surface area contributed by atoms with Crippen molar-refractivity contribution in [2.75, 3.05) is 29.8 Å². The lowest BCUT2D eigenvalue weighted by Crippen LogP contribution is -2.43. The molecule has 5 rings (SSSR count). The minimum atomic E-state index is -0.470. The molecule has 2 amide bonds. The lowest BCUT2D eigenvalue weighted by Gasteiger charge is -2.38. The minimum Gasteiger partial charge on any atom is -0.497 e. The van der Waals surface area contributed by atoms with E-state index in [4.69, 9.17) is 14.2 Å². The molecule has 0 aromatic heterocycles. The largest absolute Gasteiger partial charge is 0.497 e. The molecule has 4 aromatic carbocycles. The molecule has 1 heterocycles. The van der Waals surface area contributed by atoms with Crippen LogP contribution >= 0.6 is 0 Å². The Balaban J connectivity index is 1.46. The summed E-state index contributed by atoms with van der Waals surface area (Å²) in [6, 6.07) is 27.9. The summed E-state index contributed by atoms with van der Waals surface area (Å²) in [6.07, 6.45) is -0.470. The molecule has 0 spiro atoms. The number of para-hydroxylation sites is 1. The zero-order chi connectivity index (χ0) is 27.4. The van der Waals surface area contributed by atoms with Gasteiger partial charge in [0, 0.05) is 29.5 Å². The number of methoxy groups -OCH3 is 2. The van der Waals surface area contributed by atoms with E-state index in [1.54, 1.807) is 43.4 Å². The van der Waals surface area contributed by atoms with Gasteiger partial charge < -0.3 is 24.8 Å². The first-order valence-electron chi connectivity index (χ1n) is 12.5. The number of hydrogen-bond donors (Lipinski definition) is 2. The van der Waals surface area contributed by atoms with Crippen LogP contribution in [0.4, 0.5) is 17.1 Å². The summed E-state index contributed by atoms with van der Waals surface area (Å²) < 4.78 is 17.0. The summed E-state index contributed by atoms with van der Waals surface area (Å²) in [6.45, 7) is 1.71. The number of rotatable bonds is 8. The fourth-order valence-electron chi connectivity index (χ4n) is 4.58. The number of hydrogen-bond acceptors (Lipinski definition) is 6. The molecule has 198 valence electrons. The van der Waals surface area contributed by atoms with Crippen LogP contribution in [0.15, 0.2) is 91.0 Å². The minimum absolute atomic E-state index is 0.104. The van der Waals surface area contributed by atoms with Gasteiger partial charge >= 0.3 is 0 Å².